The number of carbonyl (C=O) groups is 1. The Balaban J connectivity index is 2.02. The Labute approximate surface area is 113 Å². The van der Waals surface area contributed by atoms with Crippen LogP contribution in [0.5, 0.6) is 0 Å². The van der Waals surface area contributed by atoms with E-state index >= 15 is 0 Å². The molecule has 2 aromatic rings. The fraction of sp³-hybridized carbons (Fsp3) is 0.118. The molecule has 0 fully saturated rings. The van der Waals surface area contributed by atoms with E-state index in [1.807, 2.05) is 62.4 Å². The molecule has 0 bridgehead atoms. The van der Waals surface area contributed by atoms with Crippen molar-refractivity contribution in [2.45, 2.75) is 13.8 Å². The fourth-order valence-electron chi connectivity index (χ4n) is 1.57. The number of carbonyl (C=O) groups excluding carboxylic acids is 1. The molecule has 0 radical (unpaired) electrons. The Hall–Kier alpha value is -2.53. The molecule has 0 aliphatic rings. The Morgan fingerprint density at radius 2 is 1.42 bits per heavy atom. The average Bonchev–Trinajstić information content (AvgIpc) is 2.41. The van der Waals surface area contributed by atoms with Crippen molar-refractivity contribution < 1.29 is 4.79 Å². The Morgan fingerprint density at radius 1 is 0.895 bits per heavy atom. The monoisotopic (exact) mass is 249 g/mol. The number of hydrogen-bond donors (Lipinski definition) is 1. The van der Waals surface area contributed by atoms with Gasteiger partial charge in [-0.2, -0.15) is 0 Å². The van der Waals surface area contributed by atoms with E-state index in [2.05, 4.69) is 17.2 Å². The lowest BCUT2D eigenvalue weighted by atomic mass is 10.1. The zero-order valence-electron chi connectivity index (χ0n) is 11.0. The lowest BCUT2D eigenvalue weighted by Crippen LogP contribution is -2.08. The van der Waals surface area contributed by atoms with Gasteiger partial charge in [-0.3, -0.25) is 4.79 Å². The van der Waals surface area contributed by atoms with Gasteiger partial charge in [0.15, 0.2) is 0 Å². The van der Waals surface area contributed by atoms with Crippen LogP contribution in [0, 0.1) is 25.7 Å². The largest absolute Gasteiger partial charge is 0.315 e. The summed E-state index contributed by atoms with van der Waals surface area (Å²) in [5, 5.41) is 2.74. The quantitative estimate of drug-likeness (QED) is 0.772. The summed E-state index contributed by atoms with van der Waals surface area (Å²) in [5.74, 6) is 5.12. The molecule has 0 aromatic heterocycles. The number of hydrogen-bond acceptors (Lipinski definition) is 1. The molecule has 19 heavy (non-hydrogen) atoms. The van der Waals surface area contributed by atoms with Crippen LogP contribution in [0.4, 0.5) is 5.69 Å². The smallest absolute Gasteiger partial charge is 0.300 e. The number of rotatable bonds is 1. The van der Waals surface area contributed by atoms with E-state index in [-0.39, 0.29) is 5.91 Å². The topological polar surface area (TPSA) is 29.1 Å². The zero-order valence-corrected chi connectivity index (χ0v) is 11.0. The first kappa shape index (κ1) is 12.9. The van der Waals surface area contributed by atoms with E-state index < -0.39 is 0 Å². The van der Waals surface area contributed by atoms with Crippen molar-refractivity contribution >= 4 is 11.6 Å². The van der Waals surface area contributed by atoms with Crippen molar-refractivity contribution in [2.24, 2.45) is 0 Å². The van der Waals surface area contributed by atoms with Crippen molar-refractivity contribution in [3.05, 3.63) is 65.2 Å². The second-order valence-corrected chi connectivity index (χ2v) is 4.44. The summed E-state index contributed by atoms with van der Waals surface area (Å²) in [6, 6.07) is 15.4. The second-order valence-electron chi connectivity index (χ2n) is 4.44. The molecule has 0 saturated carbocycles. The zero-order chi connectivity index (χ0) is 13.7. The molecular formula is C17H15NO. The van der Waals surface area contributed by atoms with Crippen molar-refractivity contribution in [3.8, 4) is 11.8 Å². The minimum Gasteiger partial charge on any atom is -0.315 e. The summed E-state index contributed by atoms with van der Waals surface area (Å²) >= 11 is 0. The Bertz CT molecular complexity index is 628. The summed E-state index contributed by atoms with van der Waals surface area (Å²) in [5.41, 5.74) is 3.93. The fourth-order valence-corrected chi connectivity index (χ4v) is 1.57. The molecule has 2 nitrogen and oxygen atoms in total. The molecule has 1 amide bonds. The molecule has 2 aromatic carbocycles. The van der Waals surface area contributed by atoms with Crippen molar-refractivity contribution in [1.82, 2.24) is 0 Å². The highest BCUT2D eigenvalue weighted by molar-refractivity contribution is 6.04. The maximum Gasteiger partial charge on any atom is 0.300 e. The van der Waals surface area contributed by atoms with Crippen LogP contribution in [0.15, 0.2) is 48.5 Å². The van der Waals surface area contributed by atoms with Crippen LogP contribution in [0.3, 0.4) is 0 Å². The molecule has 0 unspecified atom stereocenters. The number of anilines is 1. The van der Waals surface area contributed by atoms with Gasteiger partial charge < -0.3 is 5.32 Å². The van der Waals surface area contributed by atoms with Gasteiger partial charge in [-0.1, -0.05) is 41.3 Å². The normalized spacial score (nSPS) is 9.37. The van der Waals surface area contributed by atoms with Gasteiger partial charge in [-0.15, -0.1) is 0 Å². The number of aryl methyl sites for hydroxylation is 2. The minimum absolute atomic E-state index is 0.301. The molecule has 0 aliphatic carbocycles. The van der Waals surface area contributed by atoms with Crippen molar-refractivity contribution in [3.63, 3.8) is 0 Å². The highest BCUT2D eigenvalue weighted by atomic mass is 16.1. The minimum atomic E-state index is -0.301. The van der Waals surface area contributed by atoms with Crippen LogP contribution in [0.25, 0.3) is 0 Å². The van der Waals surface area contributed by atoms with E-state index in [1.165, 1.54) is 5.56 Å². The number of amides is 1. The number of benzene rings is 2. The van der Waals surface area contributed by atoms with E-state index in [4.69, 9.17) is 0 Å². The van der Waals surface area contributed by atoms with E-state index in [1.54, 1.807) is 0 Å². The summed E-state index contributed by atoms with van der Waals surface area (Å²) in [4.78, 5) is 11.7. The maximum absolute atomic E-state index is 11.7. The summed E-state index contributed by atoms with van der Waals surface area (Å²) in [7, 11) is 0. The van der Waals surface area contributed by atoms with Crippen LogP contribution in [0.2, 0.25) is 0 Å². The third-order valence-corrected chi connectivity index (χ3v) is 2.68. The molecule has 0 saturated heterocycles. The molecule has 94 valence electrons. The van der Waals surface area contributed by atoms with E-state index in [0.29, 0.717) is 0 Å². The van der Waals surface area contributed by atoms with Gasteiger partial charge in [-0.25, -0.2) is 0 Å². The summed E-state index contributed by atoms with van der Waals surface area (Å²) in [6.45, 7) is 4.02. The first-order valence-corrected chi connectivity index (χ1v) is 6.10. The van der Waals surface area contributed by atoms with Gasteiger partial charge in [0, 0.05) is 17.2 Å². The van der Waals surface area contributed by atoms with E-state index in [9.17, 15) is 4.79 Å². The van der Waals surface area contributed by atoms with Crippen LogP contribution in [-0.4, -0.2) is 5.91 Å². The van der Waals surface area contributed by atoms with Gasteiger partial charge in [0.25, 0.3) is 0 Å². The Morgan fingerprint density at radius 3 is 2.00 bits per heavy atom. The summed E-state index contributed by atoms with van der Waals surface area (Å²) in [6.07, 6.45) is 0. The second kappa shape index (κ2) is 5.88. The lowest BCUT2D eigenvalue weighted by molar-refractivity contribution is -0.111. The predicted molar refractivity (Wildman–Crippen MR) is 77.9 cm³/mol. The predicted octanol–water partition coefficient (Wildman–Crippen LogP) is 3.29. The molecule has 2 rings (SSSR count). The maximum atomic E-state index is 11.7. The van der Waals surface area contributed by atoms with Crippen LogP contribution in [0.1, 0.15) is 16.7 Å². The molecule has 0 heterocycles. The molecular weight excluding hydrogens is 234 g/mol. The van der Waals surface area contributed by atoms with Gasteiger partial charge >= 0.3 is 5.91 Å². The molecule has 0 spiro atoms. The molecule has 1 N–H and O–H groups in total. The first-order chi connectivity index (χ1) is 9.13. The molecule has 0 aliphatic heterocycles. The van der Waals surface area contributed by atoms with Crippen LogP contribution in [-0.2, 0) is 4.79 Å². The lowest BCUT2D eigenvalue weighted by Gasteiger charge is -2.00. The highest BCUT2D eigenvalue weighted by Gasteiger charge is 1.97. The Kier molecular flexibility index (Phi) is 4.00. The molecule has 0 atom stereocenters. The standard InChI is InChI=1S/C17H15NO/c1-13-3-7-15(8-4-13)9-12-17(19)18-16-10-5-14(2)6-11-16/h3-8,10-11H,1-2H3,(H,18,19). The summed E-state index contributed by atoms with van der Waals surface area (Å²) < 4.78 is 0. The van der Waals surface area contributed by atoms with Gasteiger partial charge in [0.05, 0.1) is 0 Å². The van der Waals surface area contributed by atoms with E-state index in [0.717, 1.165) is 16.8 Å². The third-order valence-electron chi connectivity index (χ3n) is 2.68. The third kappa shape index (κ3) is 4.01. The first-order valence-electron chi connectivity index (χ1n) is 6.10. The van der Waals surface area contributed by atoms with Gasteiger partial charge in [0.1, 0.15) is 0 Å². The average molecular weight is 249 g/mol. The number of nitrogens with one attached hydrogen (secondary N) is 1. The van der Waals surface area contributed by atoms with Crippen LogP contribution >= 0.6 is 0 Å². The van der Waals surface area contributed by atoms with Gasteiger partial charge in [-0.05, 0) is 38.1 Å². The SMILES string of the molecule is Cc1ccc(C#CC(=O)Nc2ccc(C)cc2)cc1. The molecule has 2 heteroatoms. The highest BCUT2D eigenvalue weighted by Crippen LogP contribution is 2.08. The van der Waals surface area contributed by atoms with Crippen molar-refractivity contribution in [2.75, 3.05) is 5.32 Å². The van der Waals surface area contributed by atoms with Crippen molar-refractivity contribution in [1.29, 1.82) is 0 Å². The van der Waals surface area contributed by atoms with Crippen LogP contribution < -0.4 is 5.32 Å². The van der Waals surface area contributed by atoms with Gasteiger partial charge in [0.2, 0.25) is 0 Å².